The van der Waals surface area contributed by atoms with Gasteiger partial charge in [-0.15, -0.1) is 0 Å². The van der Waals surface area contributed by atoms with Gasteiger partial charge in [0.2, 0.25) is 0 Å². The van der Waals surface area contributed by atoms with E-state index in [1.54, 1.807) is 60.7 Å². The van der Waals surface area contributed by atoms with Crippen molar-refractivity contribution in [3.8, 4) is 5.75 Å². The zero-order chi connectivity index (χ0) is 25.0. The lowest BCUT2D eigenvalue weighted by molar-refractivity contribution is 0.102. The van der Waals surface area contributed by atoms with Crippen LogP contribution in [-0.4, -0.2) is 26.5 Å². The molecule has 9 heteroatoms. The Hall–Kier alpha value is -4.11. The zero-order valence-corrected chi connectivity index (χ0v) is 20.4. The van der Waals surface area contributed by atoms with Crippen LogP contribution in [0.2, 0.25) is 0 Å². The maximum absolute atomic E-state index is 13.1. The van der Waals surface area contributed by atoms with Gasteiger partial charge in [-0.2, -0.15) is 0 Å². The minimum Gasteiger partial charge on any atom is -0.489 e. The number of sulfonamides is 1. The molecule has 0 aliphatic carbocycles. The minimum atomic E-state index is -3.81. The lowest BCUT2D eigenvalue weighted by Gasteiger charge is -2.20. The average Bonchev–Trinajstić information content (AvgIpc) is 3.20. The van der Waals surface area contributed by atoms with Gasteiger partial charge in [0.25, 0.3) is 15.9 Å². The predicted octanol–water partition coefficient (Wildman–Crippen LogP) is 4.95. The molecule has 0 aliphatic heterocycles. The third kappa shape index (κ3) is 5.36. The van der Waals surface area contributed by atoms with Gasteiger partial charge in [-0.25, -0.2) is 8.42 Å². The highest BCUT2D eigenvalue weighted by Gasteiger charge is 2.22. The first-order chi connectivity index (χ1) is 16.8. The molecule has 0 aliphatic rings. The van der Waals surface area contributed by atoms with Crippen LogP contribution >= 0.6 is 0 Å². The van der Waals surface area contributed by atoms with Crippen LogP contribution in [0.3, 0.4) is 0 Å². The molecule has 180 valence electrons. The Kier molecular flexibility index (Phi) is 6.88. The predicted molar refractivity (Wildman–Crippen MR) is 133 cm³/mol. The number of nitrogens with zero attached hydrogens (tertiary/aromatic N) is 2. The molecule has 0 fully saturated rings. The molecule has 3 aromatic carbocycles. The molecular formula is C26H25N3O5S. The van der Waals surface area contributed by atoms with Crippen LogP contribution in [-0.2, 0) is 16.6 Å². The van der Waals surface area contributed by atoms with Crippen molar-refractivity contribution in [3.63, 3.8) is 0 Å². The van der Waals surface area contributed by atoms with E-state index in [1.165, 1.54) is 23.5 Å². The van der Waals surface area contributed by atoms with E-state index in [1.807, 2.05) is 19.9 Å². The number of ether oxygens (including phenoxy) is 1. The number of carbonyl (C=O) groups excluding carboxylic acids is 1. The average molecular weight is 492 g/mol. The highest BCUT2D eigenvalue weighted by molar-refractivity contribution is 7.92. The molecule has 1 N–H and O–H groups in total. The third-order valence-corrected chi connectivity index (χ3v) is 7.31. The Bertz CT molecular complexity index is 1430. The van der Waals surface area contributed by atoms with E-state index in [0.29, 0.717) is 28.4 Å². The lowest BCUT2D eigenvalue weighted by atomic mass is 10.2. The van der Waals surface area contributed by atoms with Crippen LogP contribution in [0.4, 0.5) is 11.4 Å². The molecule has 0 saturated carbocycles. The molecule has 0 saturated heterocycles. The monoisotopic (exact) mass is 491 g/mol. The number of nitrogens with one attached hydrogen (secondary N) is 1. The van der Waals surface area contributed by atoms with Gasteiger partial charge < -0.3 is 14.6 Å². The number of hydrogen-bond acceptors (Lipinski definition) is 6. The van der Waals surface area contributed by atoms with Crippen molar-refractivity contribution in [2.75, 3.05) is 16.7 Å². The number of aryl methyl sites for hydroxylation is 2. The van der Waals surface area contributed by atoms with Crippen LogP contribution in [0.15, 0.2) is 88.3 Å². The van der Waals surface area contributed by atoms with Gasteiger partial charge in [0, 0.05) is 18.3 Å². The summed E-state index contributed by atoms with van der Waals surface area (Å²) in [6.07, 6.45) is 0. The number of anilines is 2. The van der Waals surface area contributed by atoms with E-state index in [0.717, 1.165) is 11.3 Å². The number of benzene rings is 3. The Labute approximate surface area is 204 Å². The van der Waals surface area contributed by atoms with Crippen molar-refractivity contribution in [3.05, 3.63) is 101 Å². The molecule has 1 aromatic heterocycles. The molecule has 0 unspecified atom stereocenters. The van der Waals surface area contributed by atoms with Crippen LogP contribution in [0.25, 0.3) is 0 Å². The second kappa shape index (κ2) is 10.0. The molecule has 0 spiro atoms. The summed E-state index contributed by atoms with van der Waals surface area (Å²) in [6.45, 7) is 3.92. The van der Waals surface area contributed by atoms with E-state index in [9.17, 15) is 13.2 Å². The van der Waals surface area contributed by atoms with Gasteiger partial charge in [-0.1, -0.05) is 35.5 Å². The Morgan fingerprint density at radius 2 is 1.74 bits per heavy atom. The zero-order valence-electron chi connectivity index (χ0n) is 19.6. The van der Waals surface area contributed by atoms with Crippen molar-refractivity contribution in [1.29, 1.82) is 0 Å². The summed E-state index contributed by atoms with van der Waals surface area (Å²) in [7, 11) is -2.32. The van der Waals surface area contributed by atoms with Crippen molar-refractivity contribution >= 4 is 27.3 Å². The van der Waals surface area contributed by atoms with Gasteiger partial charge in [-0.05, 0) is 62.4 Å². The standard InChI is InChI=1S/C26H25N3O5S/c1-18-25(19(2)34-28-18)17-33-23-13-7-9-20(15-23)26(30)27-21-10-8-14-24(16-21)35(31,32)29(3)22-11-5-4-6-12-22/h4-16H,17H2,1-3H3,(H,27,30). The van der Waals surface area contributed by atoms with Gasteiger partial charge >= 0.3 is 0 Å². The molecule has 8 nitrogen and oxygen atoms in total. The Morgan fingerprint density at radius 3 is 2.46 bits per heavy atom. The Balaban J connectivity index is 1.48. The van der Waals surface area contributed by atoms with Crippen molar-refractivity contribution < 1.29 is 22.5 Å². The smallest absolute Gasteiger partial charge is 0.264 e. The number of rotatable bonds is 8. The number of aromatic nitrogens is 1. The first-order valence-electron chi connectivity index (χ1n) is 10.9. The molecule has 35 heavy (non-hydrogen) atoms. The fourth-order valence-corrected chi connectivity index (χ4v) is 4.70. The van der Waals surface area contributed by atoms with Crippen LogP contribution < -0.4 is 14.4 Å². The first-order valence-corrected chi connectivity index (χ1v) is 12.3. The second-order valence-electron chi connectivity index (χ2n) is 7.91. The van der Waals surface area contributed by atoms with Crippen molar-refractivity contribution in [1.82, 2.24) is 5.16 Å². The maximum atomic E-state index is 13.1. The summed E-state index contributed by atoms with van der Waals surface area (Å²) in [5.41, 5.74) is 2.88. The summed E-state index contributed by atoms with van der Waals surface area (Å²) in [4.78, 5) is 12.9. The fourth-order valence-electron chi connectivity index (χ4n) is 3.46. The van der Waals surface area contributed by atoms with E-state index in [4.69, 9.17) is 9.26 Å². The van der Waals surface area contributed by atoms with E-state index in [-0.39, 0.29) is 11.5 Å². The molecule has 0 bridgehead atoms. The van der Waals surface area contributed by atoms with E-state index >= 15 is 0 Å². The second-order valence-corrected chi connectivity index (χ2v) is 9.88. The molecule has 1 heterocycles. The molecule has 4 rings (SSSR count). The summed E-state index contributed by atoms with van der Waals surface area (Å²) in [6, 6.07) is 21.7. The van der Waals surface area contributed by atoms with Gasteiger partial charge in [0.15, 0.2) is 0 Å². The minimum absolute atomic E-state index is 0.0678. The SMILES string of the molecule is Cc1noc(C)c1COc1cccc(C(=O)Nc2cccc(S(=O)(=O)N(C)c3ccccc3)c2)c1. The number of hydrogen-bond donors (Lipinski definition) is 1. The number of carbonyl (C=O) groups is 1. The number of amides is 1. The highest BCUT2D eigenvalue weighted by Crippen LogP contribution is 2.24. The summed E-state index contributed by atoms with van der Waals surface area (Å²) in [5, 5.41) is 6.67. The van der Waals surface area contributed by atoms with Gasteiger partial charge in [0.1, 0.15) is 18.1 Å². The van der Waals surface area contributed by atoms with Crippen LogP contribution in [0, 0.1) is 13.8 Å². The quantitative estimate of drug-likeness (QED) is 0.374. The normalized spacial score (nSPS) is 11.2. The van der Waals surface area contributed by atoms with E-state index in [2.05, 4.69) is 10.5 Å². The summed E-state index contributed by atoms with van der Waals surface area (Å²) < 4.78 is 38.3. The molecule has 1 amide bonds. The maximum Gasteiger partial charge on any atom is 0.264 e. The highest BCUT2D eigenvalue weighted by atomic mass is 32.2. The molecule has 0 atom stereocenters. The van der Waals surface area contributed by atoms with E-state index < -0.39 is 15.9 Å². The van der Waals surface area contributed by atoms with Crippen LogP contribution in [0.1, 0.15) is 27.4 Å². The summed E-state index contributed by atoms with van der Waals surface area (Å²) >= 11 is 0. The largest absolute Gasteiger partial charge is 0.489 e. The molecule has 0 radical (unpaired) electrons. The van der Waals surface area contributed by atoms with Crippen molar-refractivity contribution in [2.24, 2.45) is 0 Å². The summed E-state index contributed by atoms with van der Waals surface area (Å²) in [5.74, 6) is 0.807. The van der Waals surface area contributed by atoms with Crippen LogP contribution in [0.5, 0.6) is 5.75 Å². The van der Waals surface area contributed by atoms with Crippen molar-refractivity contribution in [2.45, 2.75) is 25.3 Å². The lowest BCUT2D eigenvalue weighted by Crippen LogP contribution is -2.26. The molecular weight excluding hydrogens is 466 g/mol. The molecule has 4 aromatic rings. The topological polar surface area (TPSA) is 102 Å². The third-order valence-electron chi connectivity index (χ3n) is 5.53. The van der Waals surface area contributed by atoms with Gasteiger partial charge in [-0.3, -0.25) is 9.10 Å². The Morgan fingerprint density at radius 1 is 1.00 bits per heavy atom. The van der Waals surface area contributed by atoms with Gasteiger partial charge in [0.05, 0.1) is 21.8 Å². The number of para-hydroxylation sites is 1. The fraction of sp³-hybridized carbons (Fsp3) is 0.154. The first kappa shape index (κ1) is 24.0.